The van der Waals surface area contributed by atoms with E-state index in [9.17, 15) is 13.2 Å². The van der Waals surface area contributed by atoms with Crippen LogP contribution in [0.2, 0.25) is 0 Å². The number of hydrogen-bond acceptors (Lipinski definition) is 5. The Kier molecular flexibility index (Phi) is 5.11. The third kappa shape index (κ3) is 3.69. The number of carbonyl (C=O) groups is 1. The molecule has 3 rings (SSSR count). The molecule has 136 valence electrons. The van der Waals surface area contributed by atoms with Crippen LogP contribution in [0.25, 0.3) is 0 Å². The molecule has 1 aromatic carbocycles. The highest BCUT2D eigenvalue weighted by atomic mass is 32.2. The van der Waals surface area contributed by atoms with E-state index >= 15 is 0 Å². The number of rotatable bonds is 4. The van der Waals surface area contributed by atoms with Crippen molar-refractivity contribution in [3.05, 3.63) is 24.3 Å². The lowest BCUT2D eigenvalue weighted by Crippen LogP contribution is -2.37. The van der Waals surface area contributed by atoms with Crippen LogP contribution in [0.1, 0.15) is 20.3 Å². The predicted octanol–water partition coefficient (Wildman–Crippen LogP) is 2.34. The highest BCUT2D eigenvalue weighted by molar-refractivity contribution is 8.16. The lowest BCUT2D eigenvalue weighted by Gasteiger charge is -2.25. The average Bonchev–Trinajstić information content (AvgIpc) is 3.04. The number of amidine groups is 1. The van der Waals surface area contributed by atoms with E-state index in [0.717, 1.165) is 12.1 Å². The zero-order valence-electron chi connectivity index (χ0n) is 14.5. The highest BCUT2D eigenvalue weighted by Crippen LogP contribution is 2.41. The number of thioether (sulfide) groups is 1. The molecule has 2 aliphatic rings. The monoisotopic (exact) mass is 382 g/mol. The number of hydrogen-bond donors (Lipinski definition) is 0. The van der Waals surface area contributed by atoms with Crippen molar-refractivity contribution < 1.29 is 17.9 Å². The fourth-order valence-corrected chi connectivity index (χ4v) is 6.93. The van der Waals surface area contributed by atoms with E-state index in [1.807, 2.05) is 43.0 Å². The maximum absolute atomic E-state index is 12.3. The summed E-state index contributed by atoms with van der Waals surface area (Å²) in [4.78, 5) is 18.5. The third-order valence-corrected chi connectivity index (χ3v) is 7.85. The molecule has 0 spiro atoms. The third-order valence-electron chi connectivity index (χ3n) is 4.64. The van der Waals surface area contributed by atoms with Crippen LogP contribution in [0.3, 0.4) is 0 Å². The molecule has 0 saturated carbocycles. The van der Waals surface area contributed by atoms with Gasteiger partial charge in [-0.15, -0.1) is 0 Å². The van der Waals surface area contributed by atoms with Gasteiger partial charge in [0.25, 0.3) is 5.91 Å². The van der Waals surface area contributed by atoms with Crippen molar-refractivity contribution in [3.8, 4) is 5.75 Å². The molecule has 0 radical (unpaired) electrons. The van der Waals surface area contributed by atoms with Crippen molar-refractivity contribution in [2.75, 3.05) is 23.5 Å². The first kappa shape index (κ1) is 18.3. The van der Waals surface area contributed by atoms with Gasteiger partial charge in [0, 0.05) is 22.9 Å². The molecule has 0 bridgehead atoms. The molecule has 0 aliphatic carbocycles. The van der Waals surface area contributed by atoms with Crippen molar-refractivity contribution in [1.82, 2.24) is 0 Å². The molecule has 25 heavy (non-hydrogen) atoms. The second kappa shape index (κ2) is 6.99. The largest absolute Gasteiger partial charge is 0.497 e. The van der Waals surface area contributed by atoms with Crippen LogP contribution in [0.4, 0.5) is 5.69 Å². The Morgan fingerprint density at radius 3 is 2.88 bits per heavy atom. The number of amides is 1. The summed E-state index contributed by atoms with van der Waals surface area (Å²) in [7, 11) is -1.48. The fourth-order valence-electron chi connectivity index (χ4n) is 3.01. The number of fused-ring (bicyclic) bond motifs is 1. The van der Waals surface area contributed by atoms with E-state index in [1.54, 1.807) is 7.11 Å². The molecule has 0 unspecified atom stereocenters. The summed E-state index contributed by atoms with van der Waals surface area (Å²) in [6.45, 7) is 3.80. The molecule has 2 fully saturated rings. The second-order valence-corrected chi connectivity index (χ2v) is 9.77. The van der Waals surface area contributed by atoms with Gasteiger partial charge in [0.1, 0.15) is 5.75 Å². The molecule has 1 aromatic rings. The number of aliphatic imine (C=N–C) groups is 1. The Labute approximate surface area is 152 Å². The van der Waals surface area contributed by atoms with Crippen LogP contribution in [-0.4, -0.2) is 49.4 Å². The van der Waals surface area contributed by atoms with Crippen LogP contribution in [-0.2, 0) is 14.6 Å². The first-order valence-electron chi connectivity index (χ1n) is 8.27. The Balaban J connectivity index is 2.00. The number of nitrogens with zero attached hydrogens (tertiary/aromatic N) is 2. The van der Waals surface area contributed by atoms with Gasteiger partial charge in [-0.2, -0.15) is 4.99 Å². The molecular weight excluding hydrogens is 360 g/mol. The number of anilines is 1. The van der Waals surface area contributed by atoms with Crippen molar-refractivity contribution in [2.24, 2.45) is 10.9 Å². The summed E-state index contributed by atoms with van der Waals surface area (Å²) < 4.78 is 29.4. The lowest BCUT2D eigenvalue weighted by atomic mass is 10.1. The van der Waals surface area contributed by atoms with E-state index in [1.165, 1.54) is 11.8 Å². The Morgan fingerprint density at radius 2 is 2.20 bits per heavy atom. The first-order valence-corrected chi connectivity index (χ1v) is 11.0. The van der Waals surface area contributed by atoms with E-state index in [2.05, 4.69) is 4.99 Å². The van der Waals surface area contributed by atoms with E-state index in [0.29, 0.717) is 10.9 Å². The van der Waals surface area contributed by atoms with Gasteiger partial charge in [-0.05, 0) is 18.6 Å². The maximum atomic E-state index is 12.3. The molecule has 2 heterocycles. The maximum Gasteiger partial charge on any atom is 0.250 e. The van der Waals surface area contributed by atoms with E-state index in [-0.39, 0.29) is 34.6 Å². The Hall–Kier alpha value is -1.54. The number of ether oxygens (including phenoxy) is 1. The molecule has 8 heteroatoms. The second-order valence-electron chi connectivity index (χ2n) is 6.41. The molecule has 6 nitrogen and oxygen atoms in total. The van der Waals surface area contributed by atoms with Crippen LogP contribution in [0.5, 0.6) is 5.75 Å². The summed E-state index contributed by atoms with van der Waals surface area (Å²) in [5.41, 5.74) is 0.798. The van der Waals surface area contributed by atoms with Crippen molar-refractivity contribution >= 4 is 38.4 Å². The van der Waals surface area contributed by atoms with Gasteiger partial charge in [0.05, 0.1) is 24.7 Å². The van der Waals surface area contributed by atoms with Gasteiger partial charge in [-0.25, -0.2) is 8.42 Å². The number of sulfone groups is 1. The molecule has 3 atom stereocenters. The van der Waals surface area contributed by atoms with Crippen LogP contribution >= 0.6 is 11.8 Å². The Morgan fingerprint density at radius 1 is 1.44 bits per heavy atom. The fraction of sp³-hybridized carbons (Fsp3) is 0.529. The number of benzene rings is 1. The SMILES string of the molecule is CC[C@H](C)C(=O)N=C1S[C@@H]2CS(=O)(=O)C[C@@H]2N1c1cccc(OC)c1. The van der Waals surface area contributed by atoms with E-state index in [4.69, 9.17) is 4.74 Å². The summed E-state index contributed by atoms with van der Waals surface area (Å²) in [6, 6.07) is 7.21. The molecule has 2 saturated heterocycles. The summed E-state index contributed by atoms with van der Waals surface area (Å²) in [6.07, 6.45) is 0.723. The van der Waals surface area contributed by atoms with E-state index < -0.39 is 9.84 Å². The summed E-state index contributed by atoms with van der Waals surface area (Å²) >= 11 is 1.39. The topological polar surface area (TPSA) is 76.0 Å². The Bertz CT molecular complexity index is 807. The van der Waals surface area contributed by atoms with Crippen LogP contribution in [0.15, 0.2) is 29.3 Å². The first-order chi connectivity index (χ1) is 11.8. The number of carbonyl (C=O) groups excluding carboxylic acids is 1. The van der Waals surface area contributed by atoms with Gasteiger partial charge in [0.2, 0.25) is 0 Å². The summed E-state index contributed by atoms with van der Waals surface area (Å²) in [5.74, 6) is 0.571. The van der Waals surface area contributed by atoms with Crippen molar-refractivity contribution in [3.63, 3.8) is 0 Å². The van der Waals surface area contributed by atoms with Crippen LogP contribution in [0, 0.1) is 5.92 Å². The van der Waals surface area contributed by atoms with Crippen LogP contribution < -0.4 is 9.64 Å². The molecule has 2 aliphatic heterocycles. The predicted molar refractivity (Wildman–Crippen MR) is 101 cm³/mol. The zero-order chi connectivity index (χ0) is 18.2. The van der Waals surface area contributed by atoms with Gasteiger partial charge < -0.3 is 9.64 Å². The smallest absolute Gasteiger partial charge is 0.250 e. The molecular formula is C17H22N2O4S2. The average molecular weight is 383 g/mol. The summed E-state index contributed by atoms with van der Waals surface area (Å²) in [5, 5.41) is 0.489. The normalized spacial score (nSPS) is 27.3. The lowest BCUT2D eigenvalue weighted by molar-refractivity contribution is -0.121. The van der Waals surface area contributed by atoms with Crippen molar-refractivity contribution in [1.29, 1.82) is 0 Å². The quantitative estimate of drug-likeness (QED) is 0.796. The van der Waals surface area contributed by atoms with Gasteiger partial charge >= 0.3 is 0 Å². The molecule has 0 N–H and O–H groups in total. The zero-order valence-corrected chi connectivity index (χ0v) is 16.1. The minimum Gasteiger partial charge on any atom is -0.497 e. The van der Waals surface area contributed by atoms with Gasteiger partial charge in [-0.3, -0.25) is 4.79 Å². The van der Waals surface area contributed by atoms with Gasteiger partial charge in [0.15, 0.2) is 15.0 Å². The minimum atomic E-state index is -3.07. The molecule has 1 amide bonds. The minimum absolute atomic E-state index is 0.0818. The standard InChI is InChI=1S/C17H22N2O4S2/c1-4-11(2)16(20)18-17-19(12-6-5-7-13(8-12)23-3)14-9-25(21,22)10-15(14)24-17/h5-8,11,14-15H,4,9-10H2,1-3H3/t11-,14-,15+/m0/s1. The highest BCUT2D eigenvalue weighted by Gasteiger charge is 2.49. The van der Waals surface area contributed by atoms with Gasteiger partial charge in [-0.1, -0.05) is 31.7 Å². The van der Waals surface area contributed by atoms with Crippen molar-refractivity contribution in [2.45, 2.75) is 31.6 Å². The molecule has 0 aromatic heterocycles. The number of methoxy groups -OCH3 is 1.